The molecule has 8 fully saturated rings. The number of aliphatic hydroxyl groups is 3. The Kier molecular flexibility index (Phi) is 11.8. The molecule has 342 valence electrons. The van der Waals surface area contributed by atoms with E-state index in [9.17, 15) is 20.1 Å². The summed E-state index contributed by atoms with van der Waals surface area (Å²) in [5, 5.41) is 47.0. The molecule has 2 bridgehead atoms. The zero-order valence-corrected chi connectivity index (χ0v) is 37.0. The number of hydrogen-bond acceptors (Lipinski definition) is 13. The van der Waals surface area contributed by atoms with Crippen LogP contribution >= 0.6 is 0 Å². The molecule has 9 heterocycles. The second kappa shape index (κ2) is 16.3. The van der Waals surface area contributed by atoms with Crippen molar-refractivity contribution in [3.05, 3.63) is 36.0 Å². The highest BCUT2D eigenvalue weighted by atomic mass is 16.8. The lowest BCUT2D eigenvalue weighted by atomic mass is 9.79. The molecule has 0 aromatic heterocycles. The van der Waals surface area contributed by atoms with Gasteiger partial charge >= 0.3 is 5.97 Å². The number of carbonyl (C=O) groups is 1. The van der Waals surface area contributed by atoms with Gasteiger partial charge in [-0.3, -0.25) is 10.1 Å². The van der Waals surface area contributed by atoms with Gasteiger partial charge in [0.05, 0.1) is 55.3 Å². The third-order valence-corrected chi connectivity index (χ3v) is 15.8. The second-order valence-corrected chi connectivity index (χ2v) is 21.1. The maximum Gasteiger partial charge on any atom is 0.306 e. The Labute approximate surface area is 360 Å². The molecule has 9 rings (SSSR count). The Hall–Kier alpha value is -1.79. The molecule has 9 aliphatic heterocycles. The molecule has 20 atom stereocenters. The third kappa shape index (κ3) is 8.37. The molecule has 8 saturated heterocycles. The number of aliphatic carboxylic acids is 1. The van der Waals surface area contributed by atoms with E-state index in [1.54, 1.807) is 6.08 Å². The first-order valence-corrected chi connectivity index (χ1v) is 23.3. The zero-order chi connectivity index (χ0) is 43.3. The lowest BCUT2D eigenvalue weighted by Crippen LogP contribution is -2.60. The van der Waals surface area contributed by atoms with E-state index >= 15 is 0 Å². The van der Waals surface area contributed by atoms with Crippen LogP contribution in [0.25, 0.3) is 0 Å². The molecule has 0 aromatic rings. The first-order valence-electron chi connectivity index (χ1n) is 23.3. The molecule has 3 spiro atoms. The molecular formula is C47H71NO13. The number of fused-ring (bicyclic) bond motifs is 5. The SMILES string of the molecule is C=C(C[C@@]12C[C@@H](C)C[C@@H](O1)C1O[C@]3(CC1O2)NC[C@H](C)C[C@@H]3C)C1O[C@@](O)([C@H](O)C2CC3O[C@@]4(CC[C@]5(CC(C)=C[C@@H](/C=C/[C@H](O)CC(=O)O)O5)O4)[C@H](C)CC3O2)CC[C@@H]1C. The van der Waals surface area contributed by atoms with Gasteiger partial charge in [0.2, 0.25) is 0 Å². The molecule has 61 heavy (non-hydrogen) atoms. The van der Waals surface area contributed by atoms with Crippen molar-refractivity contribution in [3.8, 4) is 0 Å². The van der Waals surface area contributed by atoms with Crippen LogP contribution in [-0.4, -0.2) is 123 Å². The molecule has 0 aliphatic carbocycles. The Morgan fingerprint density at radius 3 is 2.46 bits per heavy atom. The van der Waals surface area contributed by atoms with Crippen molar-refractivity contribution in [2.45, 2.75) is 215 Å². The van der Waals surface area contributed by atoms with Crippen molar-refractivity contribution in [2.75, 3.05) is 6.54 Å². The summed E-state index contributed by atoms with van der Waals surface area (Å²) in [4.78, 5) is 11.0. The fourth-order valence-electron chi connectivity index (χ4n) is 12.8. The monoisotopic (exact) mass is 857 g/mol. The molecule has 5 N–H and O–H groups in total. The van der Waals surface area contributed by atoms with Crippen LogP contribution < -0.4 is 5.32 Å². The van der Waals surface area contributed by atoms with Gasteiger partial charge in [-0.2, -0.15) is 0 Å². The van der Waals surface area contributed by atoms with Crippen molar-refractivity contribution in [1.82, 2.24) is 5.32 Å². The highest BCUT2D eigenvalue weighted by Crippen LogP contribution is 2.56. The van der Waals surface area contributed by atoms with E-state index in [0.717, 1.165) is 43.4 Å². The summed E-state index contributed by atoms with van der Waals surface area (Å²) in [6.45, 7) is 18.5. The molecular weight excluding hydrogens is 787 g/mol. The fourth-order valence-corrected chi connectivity index (χ4v) is 12.8. The fraction of sp³-hybridized carbons (Fsp3) is 0.851. The van der Waals surface area contributed by atoms with E-state index in [1.807, 2.05) is 13.0 Å². The number of carboxylic acids is 1. The summed E-state index contributed by atoms with van der Waals surface area (Å²) in [6.07, 6.45) is 7.09. The predicted octanol–water partition coefficient (Wildman–Crippen LogP) is 5.37. The molecule has 14 heteroatoms. The Morgan fingerprint density at radius 2 is 1.69 bits per heavy atom. The van der Waals surface area contributed by atoms with Crippen molar-refractivity contribution < 1.29 is 63.1 Å². The van der Waals surface area contributed by atoms with Crippen LogP contribution in [0.5, 0.6) is 0 Å². The van der Waals surface area contributed by atoms with E-state index < -0.39 is 65.4 Å². The molecule has 0 saturated carbocycles. The van der Waals surface area contributed by atoms with E-state index in [1.165, 1.54) is 6.08 Å². The summed E-state index contributed by atoms with van der Waals surface area (Å²) in [6, 6.07) is 0. The summed E-state index contributed by atoms with van der Waals surface area (Å²) in [5.41, 5.74) is 1.44. The Bertz CT molecular complexity index is 1740. The highest BCUT2D eigenvalue weighted by molar-refractivity contribution is 5.67. The number of carboxylic acid groups (broad SMARTS) is 1. The van der Waals surface area contributed by atoms with Gasteiger partial charge in [0, 0.05) is 63.8 Å². The maximum atomic E-state index is 12.2. The summed E-state index contributed by atoms with van der Waals surface area (Å²) in [5.74, 6) is -4.36. The molecule has 14 nitrogen and oxygen atoms in total. The van der Waals surface area contributed by atoms with Gasteiger partial charge in [-0.1, -0.05) is 65.0 Å². The summed E-state index contributed by atoms with van der Waals surface area (Å²) >= 11 is 0. The van der Waals surface area contributed by atoms with Crippen molar-refractivity contribution in [1.29, 1.82) is 0 Å². The van der Waals surface area contributed by atoms with Gasteiger partial charge in [-0.15, -0.1) is 0 Å². The minimum Gasteiger partial charge on any atom is -0.481 e. The minimum absolute atomic E-state index is 0.0465. The normalized spacial score (nSPS) is 51.7. The Balaban J connectivity index is 0.836. The lowest BCUT2D eigenvalue weighted by molar-refractivity contribution is -0.366. The van der Waals surface area contributed by atoms with Crippen molar-refractivity contribution in [3.63, 3.8) is 0 Å². The quantitative estimate of drug-likeness (QED) is 0.187. The summed E-state index contributed by atoms with van der Waals surface area (Å²) < 4.78 is 54.0. The first-order chi connectivity index (χ1) is 28.8. The van der Waals surface area contributed by atoms with Gasteiger partial charge < -0.3 is 58.3 Å². The van der Waals surface area contributed by atoms with Gasteiger partial charge in [-0.25, -0.2) is 0 Å². The van der Waals surface area contributed by atoms with Crippen molar-refractivity contribution in [2.24, 2.45) is 29.6 Å². The van der Waals surface area contributed by atoms with Crippen LogP contribution in [-0.2, 0) is 42.7 Å². The van der Waals surface area contributed by atoms with E-state index in [4.69, 9.17) is 43.0 Å². The summed E-state index contributed by atoms with van der Waals surface area (Å²) in [7, 11) is 0. The van der Waals surface area contributed by atoms with Crippen molar-refractivity contribution >= 4 is 5.97 Å². The third-order valence-electron chi connectivity index (χ3n) is 15.8. The van der Waals surface area contributed by atoms with Gasteiger partial charge in [0.15, 0.2) is 23.1 Å². The highest BCUT2D eigenvalue weighted by Gasteiger charge is 2.64. The lowest BCUT2D eigenvalue weighted by Gasteiger charge is -2.52. The second-order valence-electron chi connectivity index (χ2n) is 21.1. The molecule has 0 aromatic carbocycles. The number of aliphatic hydroxyl groups excluding tert-OH is 2. The molecule has 6 unspecified atom stereocenters. The number of piperidine rings is 1. The van der Waals surface area contributed by atoms with E-state index in [0.29, 0.717) is 62.7 Å². The molecule has 0 amide bonds. The van der Waals surface area contributed by atoms with Crippen LogP contribution in [0.2, 0.25) is 0 Å². The number of ether oxygens (including phenoxy) is 8. The standard InChI is InChI=1S/C47H71NO13/c1-25-15-33(9-8-32(49)18-39(50)51)55-43(20-25)12-13-47(61-43)31(7)17-34-35(58-47)19-37(54-34)42(52)46(53)11-10-28(4)40(60-46)29(5)22-44-21-26(2)16-36(56-44)41-38(57-44)23-45(59-41)30(6)14-27(3)24-48-45/h8-9,15,26-28,30-38,40-42,48-49,52-53H,5,10-14,16-24H2,1-4,6-7H3,(H,50,51)/b9-8+/t26-,27+,28-,30-,31+,32-,33+,34?,35?,36+,37?,38?,40?,41?,42+,43+,44-,45-,46+,47+/m0/s1. The average Bonchev–Trinajstić information content (AvgIpc) is 3.86. The first kappa shape index (κ1) is 44.4. The number of nitrogens with one attached hydrogen (secondary N) is 1. The van der Waals surface area contributed by atoms with Crippen LogP contribution in [0.4, 0.5) is 0 Å². The molecule has 9 aliphatic rings. The minimum atomic E-state index is -1.86. The maximum absolute atomic E-state index is 12.2. The zero-order valence-electron chi connectivity index (χ0n) is 37.0. The van der Waals surface area contributed by atoms with Gasteiger partial charge in [-0.05, 0) is 61.9 Å². The predicted molar refractivity (Wildman–Crippen MR) is 220 cm³/mol. The van der Waals surface area contributed by atoms with E-state index in [-0.39, 0.29) is 55.2 Å². The molecule has 0 radical (unpaired) electrons. The van der Waals surface area contributed by atoms with Crippen LogP contribution in [0.1, 0.15) is 125 Å². The topological polar surface area (TPSA) is 184 Å². The average molecular weight is 858 g/mol. The number of rotatable bonds is 9. The van der Waals surface area contributed by atoms with Crippen LogP contribution in [0, 0.1) is 29.6 Å². The van der Waals surface area contributed by atoms with Crippen LogP contribution in [0.15, 0.2) is 36.0 Å². The Morgan fingerprint density at radius 1 is 0.902 bits per heavy atom. The van der Waals surface area contributed by atoms with Gasteiger partial charge in [0.1, 0.15) is 17.9 Å². The van der Waals surface area contributed by atoms with Crippen LogP contribution in [0.3, 0.4) is 0 Å². The van der Waals surface area contributed by atoms with E-state index in [2.05, 4.69) is 46.5 Å². The van der Waals surface area contributed by atoms with Gasteiger partial charge in [0.25, 0.3) is 0 Å². The largest absolute Gasteiger partial charge is 0.481 e. The smallest absolute Gasteiger partial charge is 0.306 e. The number of hydrogen-bond donors (Lipinski definition) is 5.